The summed E-state index contributed by atoms with van der Waals surface area (Å²) < 4.78 is 2.62. The van der Waals surface area contributed by atoms with Crippen LogP contribution in [0.2, 0.25) is 0 Å². The minimum atomic E-state index is 0.403. The fourth-order valence-electron chi connectivity index (χ4n) is 2.65. The number of fused-ring (bicyclic) bond motifs is 1. The number of nitrogens with one attached hydrogen (secondary N) is 1. The number of imidazole rings is 1. The molecule has 3 heterocycles. The molecule has 2 aromatic heterocycles. The molecule has 1 fully saturated rings. The zero-order chi connectivity index (χ0) is 14.1. The van der Waals surface area contributed by atoms with Crippen molar-refractivity contribution in [1.29, 1.82) is 0 Å². The molecule has 108 valence electrons. The van der Waals surface area contributed by atoms with Gasteiger partial charge in [0.2, 0.25) is 0 Å². The van der Waals surface area contributed by atoms with Crippen LogP contribution in [0.4, 0.5) is 5.82 Å². The maximum Gasteiger partial charge on any atom is 0.155 e. The summed E-state index contributed by atoms with van der Waals surface area (Å²) in [6.45, 7) is 2.64. The van der Waals surface area contributed by atoms with Gasteiger partial charge in [0, 0.05) is 19.1 Å². The number of hydrogen-bond donors (Lipinski definition) is 2. The second-order valence-corrected chi connectivity index (χ2v) is 6.04. The summed E-state index contributed by atoms with van der Waals surface area (Å²) in [6.07, 6.45) is 2.41. The third-order valence-corrected chi connectivity index (χ3v) is 4.45. The van der Waals surface area contributed by atoms with Gasteiger partial charge in [-0.2, -0.15) is 0 Å². The number of aromatic nitrogens is 3. The van der Waals surface area contributed by atoms with Crippen molar-refractivity contribution in [2.24, 2.45) is 5.73 Å². The Morgan fingerprint density at radius 1 is 1.50 bits per heavy atom. The van der Waals surface area contributed by atoms with Crippen molar-refractivity contribution in [2.45, 2.75) is 25.4 Å². The number of anilines is 1. The zero-order valence-corrected chi connectivity index (χ0v) is 13.1. The number of halogens is 1. The largest absolute Gasteiger partial charge is 0.365 e. The standard InChI is InChI=1S/C13H19BrN6/c1-19-6-2-3-9(8-19)16-11-4-5-12-17-10(7-15)13(14)20(12)18-11/h4-5,9H,2-3,6-8,15H2,1H3,(H,16,18). The van der Waals surface area contributed by atoms with Gasteiger partial charge in [0.25, 0.3) is 0 Å². The number of likely N-dealkylation sites (tertiary alicyclic amines) is 1. The van der Waals surface area contributed by atoms with Gasteiger partial charge in [-0.25, -0.2) is 9.50 Å². The number of likely N-dealkylation sites (N-methyl/N-ethyl adjacent to an activating group) is 1. The maximum atomic E-state index is 5.66. The van der Waals surface area contributed by atoms with Crippen LogP contribution in [0.5, 0.6) is 0 Å². The molecule has 20 heavy (non-hydrogen) atoms. The van der Waals surface area contributed by atoms with Crippen molar-refractivity contribution in [3.05, 3.63) is 22.4 Å². The van der Waals surface area contributed by atoms with Crippen LogP contribution >= 0.6 is 15.9 Å². The Kier molecular flexibility index (Phi) is 3.91. The molecule has 0 amide bonds. The van der Waals surface area contributed by atoms with Crippen molar-refractivity contribution in [3.8, 4) is 0 Å². The predicted octanol–water partition coefficient (Wildman–Crippen LogP) is 1.46. The van der Waals surface area contributed by atoms with Gasteiger partial charge in [0.1, 0.15) is 10.4 Å². The highest BCUT2D eigenvalue weighted by atomic mass is 79.9. The van der Waals surface area contributed by atoms with Gasteiger partial charge >= 0.3 is 0 Å². The first-order valence-electron chi connectivity index (χ1n) is 6.86. The Bertz CT molecular complexity index is 610. The van der Waals surface area contributed by atoms with E-state index in [-0.39, 0.29) is 0 Å². The molecular formula is C13H19BrN6. The molecule has 0 bridgehead atoms. The summed E-state index contributed by atoms with van der Waals surface area (Å²) in [5, 5.41) is 8.09. The number of nitrogens with zero attached hydrogens (tertiary/aromatic N) is 4. The Morgan fingerprint density at radius 2 is 2.35 bits per heavy atom. The van der Waals surface area contributed by atoms with Crippen molar-refractivity contribution in [1.82, 2.24) is 19.5 Å². The lowest BCUT2D eigenvalue weighted by atomic mass is 10.1. The van der Waals surface area contributed by atoms with Crippen LogP contribution in [-0.4, -0.2) is 45.7 Å². The van der Waals surface area contributed by atoms with E-state index >= 15 is 0 Å². The van der Waals surface area contributed by atoms with Gasteiger partial charge in [0.15, 0.2) is 5.65 Å². The second kappa shape index (κ2) is 5.67. The number of rotatable bonds is 3. The molecule has 0 radical (unpaired) electrons. The van der Waals surface area contributed by atoms with E-state index in [9.17, 15) is 0 Å². The van der Waals surface area contributed by atoms with E-state index in [0.717, 1.165) is 28.3 Å². The third kappa shape index (κ3) is 2.65. The normalized spacial score (nSPS) is 20.4. The van der Waals surface area contributed by atoms with Crippen LogP contribution in [0.25, 0.3) is 5.65 Å². The molecule has 1 aliphatic rings. The molecule has 6 nitrogen and oxygen atoms in total. The van der Waals surface area contributed by atoms with Gasteiger partial charge in [-0.15, -0.1) is 5.10 Å². The third-order valence-electron chi connectivity index (χ3n) is 3.66. The smallest absolute Gasteiger partial charge is 0.155 e. The Morgan fingerprint density at radius 3 is 3.10 bits per heavy atom. The molecule has 7 heteroatoms. The molecule has 1 saturated heterocycles. The molecular weight excluding hydrogens is 320 g/mol. The van der Waals surface area contributed by atoms with E-state index in [1.807, 2.05) is 12.1 Å². The van der Waals surface area contributed by atoms with E-state index in [4.69, 9.17) is 5.73 Å². The van der Waals surface area contributed by atoms with E-state index < -0.39 is 0 Å². The lowest BCUT2D eigenvalue weighted by molar-refractivity contribution is 0.260. The Hall–Kier alpha value is -1.18. The van der Waals surface area contributed by atoms with Crippen molar-refractivity contribution >= 4 is 27.4 Å². The topological polar surface area (TPSA) is 71.5 Å². The molecule has 1 atom stereocenters. The highest BCUT2D eigenvalue weighted by molar-refractivity contribution is 9.10. The van der Waals surface area contributed by atoms with Gasteiger partial charge in [-0.1, -0.05) is 0 Å². The summed E-state index contributed by atoms with van der Waals surface area (Å²) in [5.41, 5.74) is 7.30. The van der Waals surface area contributed by atoms with Crippen LogP contribution in [0.15, 0.2) is 16.7 Å². The highest BCUT2D eigenvalue weighted by Gasteiger charge is 2.18. The van der Waals surface area contributed by atoms with E-state index in [1.165, 1.54) is 19.4 Å². The molecule has 1 aliphatic heterocycles. The SMILES string of the molecule is CN1CCCC(Nc2ccc3nc(CN)c(Br)n3n2)C1. The zero-order valence-electron chi connectivity index (χ0n) is 11.5. The fraction of sp³-hybridized carbons (Fsp3) is 0.538. The number of hydrogen-bond acceptors (Lipinski definition) is 5. The highest BCUT2D eigenvalue weighted by Crippen LogP contribution is 2.20. The molecule has 0 aromatic carbocycles. The van der Waals surface area contributed by atoms with Crippen molar-refractivity contribution in [2.75, 3.05) is 25.5 Å². The fourth-order valence-corrected chi connectivity index (χ4v) is 3.16. The summed E-state index contributed by atoms with van der Waals surface area (Å²) in [7, 11) is 2.16. The first-order chi connectivity index (χ1) is 9.67. The Balaban J connectivity index is 1.83. The molecule has 1 unspecified atom stereocenters. The van der Waals surface area contributed by atoms with Crippen LogP contribution in [-0.2, 0) is 6.54 Å². The lowest BCUT2D eigenvalue weighted by Crippen LogP contribution is -2.39. The van der Waals surface area contributed by atoms with Crippen molar-refractivity contribution in [3.63, 3.8) is 0 Å². The minimum Gasteiger partial charge on any atom is -0.365 e. The van der Waals surface area contributed by atoms with Gasteiger partial charge < -0.3 is 16.0 Å². The van der Waals surface area contributed by atoms with E-state index in [2.05, 4.69) is 43.3 Å². The van der Waals surface area contributed by atoms with Crippen LogP contribution in [0, 0.1) is 0 Å². The second-order valence-electron chi connectivity index (χ2n) is 5.29. The number of nitrogens with two attached hydrogens (primary N) is 1. The maximum absolute atomic E-state index is 5.66. The molecule has 3 N–H and O–H groups in total. The monoisotopic (exact) mass is 338 g/mol. The molecule has 0 spiro atoms. The first-order valence-corrected chi connectivity index (χ1v) is 7.66. The van der Waals surface area contributed by atoms with Crippen LogP contribution < -0.4 is 11.1 Å². The van der Waals surface area contributed by atoms with Crippen LogP contribution in [0.3, 0.4) is 0 Å². The summed E-state index contributed by atoms with van der Waals surface area (Å²) in [6, 6.07) is 4.39. The summed E-state index contributed by atoms with van der Waals surface area (Å²) in [5.74, 6) is 0.875. The van der Waals surface area contributed by atoms with Gasteiger partial charge in [-0.05, 0) is 54.5 Å². The van der Waals surface area contributed by atoms with Gasteiger partial charge in [0.05, 0.1) is 5.69 Å². The van der Waals surface area contributed by atoms with Gasteiger partial charge in [-0.3, -0.25) is 0 Å². The van der Waals surface area contributed by atoms with Crippen molar-refractivity contribution < 1.29 is 0 Å². The number of piperidine rings is 1. The summed E-state index contributed by atoms with van der Waals surface area (Å²) >= 11 is 3.50. The first kappa shape index (κ1) is 13.8. The molecule has 3 rings (SSSR count). The quantitative estimate of drug-likeness (QED) is 0.886. The molecule has 2 aromatic rings. The van der Waals surface area contributed by atoms with Crippen LogP contribution in [0.1, 0.15) is 18.5 Å². The Labute approximate surface area is 126 Å². The average Bonchev–Trinajstić information content (AvgIpc) is 2.75. The van der Waals surface area contributed by atoms with E-state index in [0.29, 0.717) is 12.6 Å². The summed E-state index contributed by atoms with van der Waals surface area (Å²) in [4.78, 5) is 6.77. The predicted molar refractivity (Wildman–Crippen MR) is 82.7 cm³/mol. The molecule has 0 saturated carbocycles. The lowest BCUT2D eigenvalue weighted by Gasteiger charge is -2.30. The minimum absolute atomic E-state index is 0.403. The average molecular weight is 339 g/mol. The van der Waals surface area contributed by atoms with E-state index in [1.54, 1.807) is 4.52 Å². The molecule has 0 aliphatic carbocycles.